The van der Waals surface area contributed by atoms with Gasteiger partial charge in [0, 0.05) is 0 Å². The number of allylic oxidation sites excluding steroid dienone is 1. The predicted octanol–water partition coefficient (Wildman–Crippen LogP) is 10.2. The first-order valence-corrected chi connectivity index (χ1v) is 29.6. The molecule has 1 saturated heterocycles. The summed E-state index contributed by atoms with van der Waals surface area (Å²) >= 11 is -2.97. The van der Waals surface area contributed by atoms with Crippen LogP contribution in [0.5, 0.6) is 0 Å². The molecular formula is C38H66N2O5SSn. The third-order valence-electron chi connectivity index (χ3n) is 10.8. The van der Waals surface area contributed by atoms with Crippen molar-refractivity contribution in [1.82, 2.24) is 9.21 Å². The van der Waals surface area contributed by atoms with Crippen molar-refractivity contribution in [3.63, 3.8) is 0 Å². The maximum absolute atomic E-state index is 15.3. The molecule has 2 aliphatic rings. The summed E-state index contributed by atoms with van der Waals surface area (Å²) in [6.07, 6.45) is 7.47. The van der Waals surface area contributed by atoms with E-state index in [0.29, 0.717) is 23.8 Å². The van der Waals surface area contributed by atoms with Gasteiger partial charge in [0.1, 0.15) is 0 Å². The molecule has 1 amide bonds. The van der Waals surface area contributed by atoms with Crippen molar-refractivity contribution in [2.45, 2.75) is 174 Å². The van der Waals surface area contributed by atoms with Gasteiger partial charge in [0.2, 0.25) is 0 Å². The number of carbonyl (C=O) groups excluding carboxylic acids is 1. The number of hydrogen-bond acceptors (Lipinski definition) is 5. The van der Waals surface area contributed by atoms with E-state index >= 15 is 8.42 Å². The standard InChI is InChI=1S/C35H57N2O5S.3CH3.Sn/c1-12-29-21-42-34(30-16-14-13-15-27(30)17-18-41-35(38)36(25(8)9)26(10)11)37(29)43(39,40)33-31(23(4)5)19-28(22(2)3)20-32(33)24(6)7;;;;/h17-20,22-26,29-30,34H,12-16,21H2,1-11H3;3*1H3;/b18-17+;;;;/t29-,30-,34-;;;;/m1..../s1. The van der Waals surface area contributed by atoms with E-state index in [9.17, 15) is 4.79 Å². The zero-order chi connectivity index (χ0) is 35.6. The number of nitrogens with zero attached hydrogens (tertiary/aromatic N) is 2. The Morgan fingerprint density at radius 2 is 1.53 bits per heavy atom. The third-order valence-corrected chi connectivity index (χ3v) is 23.0. The Kier molecular flexibility index (Phi) is 13.6. The van der Waals surface area contributed by atoms with Gasteiger partial charge in [-0.25, -0.2) is 0 Å². The van der Waals surface area contributed by atoms with Crippen LogP contribution < -0.4 is 0 Å². The van der Waals surface area contributed by atoms with Gasteiger partial charge in [-0.05, 0) is 0 Å². The summed E-state index contributed by atoms with van der Waals surface area (Å²) in [5.41, 5.74) is 2.98. The second-order valence-corrected chi connectivity index (χ2v) is 33.8. The van der Waals surface area contributed by atoms with E-state index in [1.165, 1.54) is 5.56 Å². The molecule has 1 aliphatic carbocycles. The second-order valence-electron chi connectivity index (χ2n) is 16.5. The van der Waals surface area contributed by atoms with Crippen molar-refractivity contribution >= 4 is 34.5 Å². The fourth-order valence-corrected chi connectivity index (χ4v) is 18.8. The Morgan fingerprint density at radius 3 is 1.98 bits per heavy atom. The Labute approximate surface area is 292 Å². The van der Waals surface area contributed by atoms with E-state index < -0.39 is 34.6 Å². The minimum atomic E-state index is -3.94. The van der Waals surface area contributed by atoms with E-state index in [0.717, 1.165) is 36.8 Å². The van der Waals surface area contributed by atoms with Crippen molar-refractivity contribution in [2.24, 2.45) is 5.92 Å². The summed E-state index contributed by atoms with van der Waals surface area (Å²) in [6, 6.07) is 4.06. The molecule has 0 N–H and O–H groups in total. The van der Waals surface area contributed by atoms with Gasteiger partial charge in [-0.2, -0.15) is 0 Å². The van der Waals surface area contributed by atoms with Crippen LogP contribution in [-0.4, -0.2) is 73.1 Å². The van der Waals surface area contributed by atoms with Crippen molar-refractivity contribution in [3.05, 3.63) is 41.2 Å². The molecule has 0 spiro atoms. The minimum absolute atomic E-state index is 0.0202. The molecule has 0 bridgehead atoms. The van der Waals surface area contributed by atoms with E-state index in [2.05, 4.69) is 81.5 Å². The van der Waals surface area contributed by atoms with Crippen LogP contribution >= 0.6 is 0 Å². The van der Waals surface area contributed by atoms with Crippen molar-refractivity contribution in [3.8, 4) is 0 Å². The molecule has 7 nitrogen and oxygen atoms in total. The van der Waals surface area contributed by atoms with Crippen molar-refractivity contribution in [2.75, 3.05) is 6.61 Å². The topological polar surface area (TPSA) is 76.2 Å². The van der Waals surface area contributed by atoms with Crippen LogP contribution in [0.3, 0.4) is 0 Å². The van der Waals surface area contributed by atoms with Crippen molar-refractivity contribution in [1.29, 1.82) is 0 Å². The van der Waals surface area contributed by atoms with Crippen LogP contribution in [-0.2, 0) is 19.5 Å². The first-order chi connectivity index (χ1) is 21.7. The van der Waals surface area contributed by atoms with Crippen LogP contribution in [0.25, 0.3) is 0 Å². The first-order valence-electron chi connectivity index (χ1n) is 18.2. The maximum atomic E-state index is 15.3. The summed E-state index contributed by atoms with van der Waals surface area (Å²) in [6.45, 7) is 23.2. The molecule has 268 valence electrons. The van der Waals surface area contributed by atoms with Crippen LogP contribution in [0.1, 0.15) is 143 Å². The molecular weight excluding hydrogens is 715 g/mol. The van der Waals surface area contributed by atoms with Crippen LogP contribution in [0.4, 0.5) is 4.79 Å². The number of sulfonamides is 1. The van der Waals surface area contributed by atoms with E-state index in [-0.39, 0.29) is 45.4 Å². The SMILES string of the molecule is CC[C@@H]1CO[C@H]([C@@H]2CCCC[C@@]2(/C=C/OC(=O)N(C(C)C)C(C)C)[Sn]([CH3])([CH3])[CH3])N1S(=O)(=O)c1c(C(C)C)cc(C(C)C)cc1C(C)C. The zero-order valence-corrected chi connectivity index (χ0v) is 35.7. The quantitative estimate of drug-likeness (QED) is 0.156. The van der Waals surface area contributed by atoms with Gasteiger partial charge < -0.3 is 0 Å². The molecule has 47 heavy (non-hydrogen) atoms. The molecule has 0 radical (unpaired) electrons. The van der Waals surface area contributed by atoms with Crippen LogP contribution in [0, 0.1) is 5.92 Å². The molecule has 3 rings (SSSR count). The van der Waals surface area contributed by atoms with Gasteiger partial charge in [0.15, 0.2) is 0 Å². The average molecular weight is 782 g/mol. The fraction of sp³-hybridized carbons (Fsp3) is 0.763. The first kappa shape index (κ1) is 40.3. The molecule has 0 aromatic heterocycles. The fourth-order valence-electron chi connectivity index (χ4n) is 8.08. The van der Waals surface area contributed by atoms with Crippen LogP contribution in [0.2, 0.25) is 18.2 Å². The molecule has 1 heterocycles. The number of hydrogen-bond donors (Lipinski definition) is 0. The molecule has 9 heteroatoms. The summed E-state index contributed by atoms with van der Waals surface area (Å²) in [5, 5.41) is 0. The number of rotatable bonds is 12. The second kappa shape index (κ2) is 15.8. The number of amides is 1. The van der Waals surface area contributed by atoms with Gasteiger partial charge in [0.25, 0.3) is 0 Å². The molecule has 4 atom stereocenters. The predicted molar refractivity (Wildman–Crippen MR) is 197 cm³/mol. The molecule has 1 aromatic rings. The Hall–Kier alpha value is -1.10. The molecule has 1 aliphatic heterocycles. The Bertz CT molecular complexity index is 1330. The summed E-state index contributed by atoms with van der Waals surface area (Å²) in [4.78, 5) is 22.7. The van der Waals surface area contributed by atoms with Gasteiger partial charge in [-0.3, -0.25) is 0 Å². The molecule has 1 saturated carbocycles. The molecule has 1 aromatic carbocycles. The number of benzene rings is 1. The summed E-state index contributed by atoms with van der Waals surface area (Å²) in [5.74, 6) is 0.363. The normalized spacial score (nSPS) is 24.9. The number of ether oxygens (including phenoxy) is 2. The van der Waals surface area contributed by atoms with Gasteiger partial charge >= 0.3 is 294 Å². The molecule has 2 fully saturated rings. The Morgan fingerprint density at radius 1 is 0.979 bits per heavy atom. The van der Waals surface area contributed by atoms with Gasteiger partial charge in [0.05, 0.1) is 0 Å². The third kappa shape index (κ3) is 8.28. The summed E-state index contributed by atoms with van der Waals surface area (Å²) < 4.78 is 44.7. The zero-order valence-electron chi connectivity index (χ0n) is 32.0. The van der Waals surface area contributed by atoms with E-state index in [1.54, 1.807) is 15.5 Å². The Balaban J connectivity index is 2.20. The monoisotopic (exact) mass is 782 g/mol. The van der Waals surface area contributed by atoms with E-state index in [4.69, 9.17) is 9.47 Å². The molecule has 0 unspecified atom stereocenters. The summed E-state index contributed by atoms with van der Waals surface area (Å²) in [7, 11) is -3.94. The van der Waals surface area contributed by atoms with E-state index in [1.807, 2.05) is 27.7 Å². The van der Waals surface area contributed by atoms with Gasteiger partial charge in [-0.1, -0.05) is 0 Å². The van der Waals surface area contributed by atoms with Crippen LogP contribution in [0.15, 0.2) is 29.4 Å². The average Bonchev–Trinajstić information content (AvgIpc) is 3.40. The van der Waals surface area contributed by atoms with Crippen molar-refractivity contribution < 1.29 is 22.7 Å². The van der Waals surface area contributed by atoms with Gasteiger partial charge in [-0.15, -0.1) is 0 Å². The number of carbonyl (C=O) groups is 1.